The highest BCUT2D eigenvalue weighted by Gasteiger charge is 2.82. The highest BCUT2D eigenvalue weighted by Crippen LogP contribution is 2.79. The van der Waals surface area contributed by atoms with Gasteiger partial charge < -0.3 is 10.2 Å². The minimum absolute atomic E-state index is 0.0469. The number of nitrogens with zero attached hydrogens (tertiary/aromatic N) is 1. The molecule has 2 heterocycles. The molecule has 9 atom stereocenters. The van der Waals surface area contributed by atoms with Gasteiger partial charge in [-0.25, -0.2) is 8.78 Å². The Morgan fingerprint density at radius 1 is 1.23 bits per heavy atom. The number of Topliss-reactive ketones (excluding diaryl/α,β-unsaturated/α-hetero) is 2. The molecule has 3 saturated carbocycles. The Bertz CT molecular complexity index is 1310. The average Bonchev–Trinajstić information content (AvgIpc) is 3.58. The first-order valence-electron chi connectivity index (χ1n) is 13.7. The van der Waals surface area contributed by atoms with Gasteiger partial charge in [0.25, 0.3) is 0 Å². The van der Waals surface area contributed by atoms with Crippen molar-refractivity contribution in [2.24, 2.45) is 33.5 Å². The Morgan fingerprint density at radius 2 is 1.97 bits per heavy atom. The van der Waals surface area contributed by atoms with Crippen LogP contribution < -0.4 is 0 Å². The molecule has 1 aromatic heterocycles. The average molecular weight is 560 g/mol. The number of hydrogen-bond donors (Lipinski definition) is 2. The third kappa shape index (κ3) is 3.13. The molecule has 0 amide bonds. The van der Waals surface area contributed by atoms with Crippen molar-refractivity contribution in [3.05, 3.63) is 46.2 Å². The number of alkyl halides is 2. The first-order valence-corrected chi connectivity index (χ1v) is 14.6. The molecule has 9 unspecified atom stereocenters. The lowest BCUT2D eigenvalue weighted by Crippen LogP contribution is -2.72. The first-order chi connectivity index (χ1) is 18.3. The Morgan fingerprint density at radius 3 is 2.64 bits per heavy atom. The van der Waals surface area contributed by atoms with Crippen molar-refractivity contribution in [2.75, 3.05) is 26.2 Å². The van der Waals surface area contributed by atoms with E-state index in [-0.39, 0.29) is 49.0 Å². The molecule has 0 spiro atoms. The number of hydrogen-bond acceptors (Lipinski definition) is 7. The van der Waals surface area contributed by atoms with Crippen molar-refractivity contribution in [3.8, 4) is 0 Å². The molecular weight excluding hydrogens is 524 g/mol. The molecule has 4 aliphatic carbocycles. The molecule has 0 aromatic carbocycles. The summed E-state index contributed by atoms with van der Waals surface area (Å²) >= 11 is 1.36. The highest BCUT2D eigenvalue weighted by atomic mass is 32.1. The molecule has 9 heteroatoms. The molecule has 6 rings (SSSR count). The number of carbonyl (C=O) groups excluding carboxylic acids is 3. The second-order valence-electron chi connectivity index (χ2n) is 13.1. The SMILES string of the molecule is CC12C=CC(=O)C=C1C(F)CC1C3(C)CC4CN(CC(=O)c5cccs5)CC4(C(=O)CO)C3(C)CC(O)C12F. The maximum atomic E-state index is 17.7. The smallest absolute Gasteiger partial charge is 0.186 e. The number of ketones is 3. The molecule has 210 valence electrons. The van der Waals surface area contributed by atoms with Crippen LogP contribution in [0, 0.1) is 33.5 Å². The third-order valence-electron chi connectivity index (χ3n) is 11.8. The lowest BCUT2D eigenvalue weighted by atomic mass is 9.38. The van der Waals surface area contributed by atoms with Gasteiger partial charge in [-0.05, 0) is 72.1 Å². The molecule has 6 nitrogen and oxygen atoms in total. The number of halogens is 2. The van der Waals surface area contributed by atoms with Crippen LogP contribution in [0.15, 0.2) is 41.3 Å². The fourth-order valence-electron chi connectivity index (χ4n) is 9.84. The van der Waals surface area contributed by atoms with Crippen LogP contribution in [-0.4, -0.2) is 76.6 Å². The summed E-state index contributed by atoms with van der Waals surface area (Å²) in [7, 11) is 0. The minimum atomic E-state index is -2.25. The van der Waals surface area contributed by atoms with Crippen molar-refractivity contribution in [3.63, 3.8) is 0 Å². The molecule has 1 aromatic rings. The lowest BCUT2D eigenvalue weighted by Gasteiger charge is -2.67. The number of allylic oxidation sites excluding steroid dienone is 4. The van der Waals surface area contributed by atoms with Crippen LogP contribution in [0.25, 0.3) is 0 Å². The number of aliphatic hydroxyl groups is 2. The summed E-state index contributed by atoms with van der Waals surface area (Å²) in [6.07, 6.45) is 0.927. The van der Waals surface area contributed by atoms with E-state index in [0.717, 1.165) is 0 Å². The van der Waals surface area contributed by atoms with Gasteiger partial charge in [-0.3, -0.25) is 19.3 Å². The van der Waals surface area contributed by atoms with E-state index in [2.05, 4.69) is 0 Å². The second-order valence-corrected chi connectivity index (χ2v) is 14.0. The summed E-state index contributed by atoms with van der Waals surface area (Å²) in [6.45, 7) is 5.46. The summed E-state index contributed by atoms with van der Waals surface area (Å²) in [4.78, 5) is 41.4. The van der Waals surface area contributed by atoms with Gasteiger partial charge in [0, 0.05) is 24.4 Å². The fraction of sp³-hybridized carbons (Fsp3) is 0.633. The Balaban J connectivity index is 1.42. The van der Waals surface area contributed by atoms with Crippen LogP contribution in [0.2, 0.25) is 0 Å². The molecule has 2 N–H and O–H groups in total. The Kier molecular flexibility index (Phi) is 5.89. The molecule has 5 aliphatic rings. The van der Waals surface area contributed by atoms with E-state index in [9.17, 15) is 24.6 Å². The Hall–Kier alpha value is -2.07. The summed E-state index contributed by atoms with van der Waals surface area (Å²) in [5, 5.41) is 23.7. The Labute approximate surface area is 230 Å². The van der Waals surface area contributed by atoms with Gasteiger partial charge >= 0.3 is 0 Å². The summed E-state index contributed by atoms with van der Waals surface area (Å²) < 4.78 is 33.5. The molecule has 4 fully saturated rings. The topological polar surface area (TPSA) is 94.9 Å². The van der Waals surface area contributed by atoms with E-state index in [1.165, 1.54) is 29.6 Å². The number of rotatable bonds is 5. The van der Waals surface area contributed by atoms with E-state index in [4.69, 9.17) is 0 Å². The number of thiophene rings is 1. The van der Waals surface area contributed by atoms with Crippen molar-refractivity contribution in [2.45, 2.75) is 58.0 Å². The van der Waals surface area contributed by atoms with Gasteiger partial charge in [-0.15, -0.1) is 11.3 Å². The zero-order valence-corrected chi connectivity index (χ0v) is 23.3. The summed E-state index contributed by atoms with van der Waals surface area (Å²) in [5.74, 6) is -2.03. The zero-order valence-electron chi connectivity index (χ0n) is 22.5. The maximum Gasteiger partial charge on any atom is 0.186 e. The minimum Gasteiger partial charge on any atom is -0.390 e. The normalized spacial score (nSPS) is 46.7. The first kappa shape index (κ1) is 27.1. The maximum absolute atomic E-state index is 17.7. The standard InChI is InChI=1S/C30H35F2NO5S/c1-26-7-6-18(35)9-19(26)20(31)10-23-27(2)11-17-13-33(14-21(36)22-5-4-8-39-22)16-29(17,25(38)15-34)28(27,3)12-24(37)30(23,26)32/h4-9,17,20,23-24,34,37H,10-16H2,1-3H3. The lowest BCUT2D eigenvalue weighted by molar-refractivity contribution is -0.242. The van der Waals surface area contributed by atoms with Crippen LogP contribution in [-0.2, 0) is 9.59 Å². The third-order valence-corrected chi connectivity index (χ3v) is 12.7. The molecular formula is C30H35F2NO5S. The molecule has 39 heavy (non-hydrogen) atoms. The van der Waals surface area contributed by atoms with Gasteiger partial charge in [0.15, 0.2) is 23.0 Å². The van der Waals surface area contributed by atoms with E-state index in [1.54, 1.807) is 13.0 Å². The van der Waals surface area contributed by atoms with Crippen LogP contribution in [0.1, 0.15) is 49.7 Å². The van der Waals surface area contributed by atoms with Crippen LogP contribution in [0.4, 0.5) is 8.78 Å². The van der Waals surface area contributed by atoms with Gasteiger partial charge in [0.2, 0.25) is 0 Å². The van der Waals surface area contributed by atoms with Gasteiger partial charge in [-0.2, -0.15) is 0 Å². The van der Waals surface area contributed by atoms with Crippen molar-refractivity contribution < 1.29 is 33.4 Å². The van der Waals surface area contributed by atoms with Crippen LogP contribution in [0.5, 0.6) is 0 Å². The molecule has 0 radical (unpaired) electrons. The fourth-order valence-corrected chi connectivity index (χ4v) is 10.5. The quantitative estimate of drug-likeness (QED) is 0.534. The van der Waals surface area contributed by atoms with Crippen LogP contribution >= 0.6 is 11.3 Å². The summed E-state index contributed by atoms with van der Waals surface area (Å²) in [6, 6.07) is 3.58. The highest BCUT2D eigenvalue weighted by molar-refractivity contribution is 7.12. The molecule has 0 bridgehead atoms. The van der Waals surface area contributed by atoms with E-state index in [1.807, 2.05) is 30.2 Å². The number of fused-ring (bicyclic) bond motifs is 7. The largest absolute Gasteiger partial charge is 0.390 e. The zero-order chi connectivity index (χ0) is 28.2. The van der Waals surface area contributed by atoms with Gasteiger partial charge in [0.1, 0.15) is 12.8 Å². The number of carbonyl (C=O) groups is 3. The van der Waals surface area contributed by atoms with E-state index in [0.29, 0.717) is 17.8 Å². The second kappa shape index (κ2) is 8.47. The summed E-state index contributed by atoms with van der Waals surface area (Å²) in [5.41, 5.74) is -6.64. The van der Waals surface area contributed by atoms with Crippen molar-refractivity contribution in [1.82, 2.24) is 4.90 Å². The monoisotopic (exact) mass is 559 g/mol. The predicted molar refractivity (Wildman–Crippen MR) is 142 cm³/mol. The molecule has 1 aliphatic heterocycles. The van der Waals surface area contributed by atoms with E-state index < -0.39 is 57.9 Å². The van der Waals surface area contributed by atoms with Crippen molar-refractivity contribution >= 4 is 28.7 Å². The van der Waals surface area contributed by atoms with Crippen LogP contribution in [0.3, 0.4) is 0 Å². The van der Waals surface area contributed by atoms with E-state index >= 15 is 8.78 Å². The van der Waals surface area contributed by atoms with Crippen molar-refractivity contribution in [1.29, 1.82) is 0 Å². The van der Waals surface area contributed by atoms with Gasteiger partial charge in [0.05, 0.1) is 22.9 Å². The molecule has 1 saturated heterocycles. The van der Waals surface area contributed by atoms with Gasteiger partial charge in [-0.1, -0.05) is 26.0 Å². The predicted octanol–water partition coefficient (Wildman–Crippen LogP) is 3.73. The number of likely N-dealkylation sites (tertiary alicyclic amines) is 1. The number of aliphatic hydroxyl groups excluding tert-OH is 2.